The molecule has 0 aromatic heterocycles. The molecule has 0 unspecified atom stereocenters. The van der Waals surface area contributed by atoms with Crippen LogP contribution < -0.4 is 0 Å². The van der Waals surface area contributed by atoms with Gasteiger partial charge in [0.15, 0.2) is 0 Å². The van der Waals surface area contributed by atoms with Gasteiger partial charge in [0.25, 0.3) is 0 Å². The maximum atomic E-state index is 2.40. The van der Waals surface area contributed by atoms with Crippen LogP contribution in [0, 0.1) is 28.1 Å². The molecule has 0 radical (unpaired) electrons. The maximum absolute atomic E-state index is 2.40. The summed E-state index contributed by atoms with van der Waals surface area (Å²) in [6, 6.07) is 0. The molecule has 0 saturated heterocycles. The predicted molar refractivity (Wildman–Crippen MR) is 71.0 cm³/mol. The van der Waals surface area contributed by atoms with Gasteiger partial charge in [-0.1, -0.05) is 69.2 Å². The molecule has 0 spiro atoms. The molecular formula is C15H32. The van der Waals surface area contributed by atoms with E-state index >= 15 is 0 Å². The van der Waals surface area contributed by atoms with Crippen molar-refractivity contribution in [3.63, 3.8) is 0 Å². The van der Waals surface area contributed by atoms with Crippen LogP contribution >= 0.6 is 0 Å². The SMILES string of the molecule is CC(C)C(C(C)C)(C(C)(C)C)C(C)(C)C. The highest BCUT2D eigenvalue weighted by Gasteiger charge is 2.54. The Labute approximate surface area is 97.8 Å². The van der Waals surface area contributed by atoms with Gasteiger partial charge < -0.3 is 0 Å². The zero-order valence-corrected chi connectivity index (χ0v) is 12.7. The summed E-state index contributed by atoms with van der Waals surface area (Å²) in [5.41, 5.74) is 1.06. The van der Waals surface area contributed by atoms with Gasteiger partial charge in [-0.15, -0.1) is 0 Å². The van der Waals surface area contributed by atoms with E-state index < -0.39 is 0 Å². The molecule has 0 aliphatic heterocycles. The Kier molecular flexibility index (Phi) is 4.11. The molecule has 0 heteroatoms. The molecule has 0 atom stereocenters. The molecule has 0 aliphatic rings. The fourth-order valence-electron chi connectivity index (χ4n) is 5.26. The number of hydrogen-bond donors (Lipinski definition) is 0. The summed E-state index contributed by atoms with van der Waals surface area (Å²) in [5.74, 6) is 1.41. The van der Waals surface area contributed by atoms with Crippen LogP contribution in [0.25, 0.3) is 0 Å². The Morgan fingerprint density at radius 1 is 0.533 bits per heavy atom. The van der Waals surface area contributed by atoms with Gasteiger partial charge in [0.1, 0.15) is 0 Å². The highest BCUT2D eigenvalue weighted by molar-refractivity contribution is 5.02. The summed E-state index contributed by atoms with van der Waals surface area (Å²) in [5, 5.41) is 0. The minimum atomic E-state index is 0.341. The van der Waals surface area contributed by atoms with E-state index in [4.69, 9.17) is 0 Å². The van der Waals surface area contributed by atoms with E-state index in [1.807, 2.05) is 0 Å². The third-order valence-electron chi connectivity index (χ3n) is 4.30. The molecular weight excluding hydrogens is 180 g/mol. The molecule has 0 N–H and O–H groups in total. The van der Waals surface area contributed by atoms with E-state index in [0.717, 1.165) is 0 Å². The number of rotatable bonds is 2. The quantitative estimate of drug-likeness (QED) is 0.576. The summed E-state index contributed by atoms with van der Waals surface area (Å²) >= 11 is 0. The Hall–Kier alpha value is 0. The van der Waals surface area contributed by atoms with Crippen molar-refractivity contribution in [2.24, 2.45) is 28.1 Å². The van der Waals surface area contributed by atoms with Crippen LogP contribution in [-0.4, -0.2) is 0 Å². The summed E-state index contributed by atoms with van der Waals surface area (Å²) in [6.45, 7) is 23.9. The monoisotopic (exact) mass is 212 g/mol. The van der Waals surface area contributed by atoms with E-state index in [1.54, 1.807) is 0 Å². The molecule has 15 heavy (non-hydrogen) atoms. The molecule has 0 fully saturated rings. The van der Waals surface area contributed by atoms with Crippen molar-refractivity contribution in [3.05, 3.63) is 0 Å². The van der Waals surface area contributed by atoms with Gasteiger partial charge in [0.2, 0.25) is 0 Å². The summed E-state index contributed by atoms with van der Waals surface area (Å²) in [7, 11) is 0. The predicted octanol–water partition coefficient (Wildman–Crippen LogP) is 5.38. The average Bonchev–Trinajstić information content (AvgIpc) is 1.75. The minimum absolute atomic E-state index is 0.341. The van der Waals surface area contributed by atoms with E-state index in [0.29, 0.717) is 28.1 Å². The second kappa shape index (κ2) is 4.11. The van der Waals surface area contributed by atoms with E-state index in [2.05, 4.69) is 69.2 Å². The average molecular weight is 212 g/mol. The molecule has 0 heterocycles. The zero-order valence-electron chi connectivity index (χ0n) is 12.7. The highest BCUT2D eigenvalue weighted by Crippen LogP contribution is 2.60. The molecule has 92 valence electrons. The Bertz CT molecular complexity index is 171. The van der Waals surface area contributed by atoms with Gasteiger partial charge >= 0.3 is 0 Å². The van der Waals surface area contributed by atoms with Crippen molar-refractivity contribution in [1.29, 1.82) is 0 Å². The summed E-state index contributed by atoms with van der Waals surface area (Å²) in [4.78, 5) is 0. The van der Waals surface area contributed by atoms with Crippen molar-refractivity contribution in [2.45, 2.75) is 69.2 Å². The molecule has 0 nitrogen and oxygen atoms in total. The molecule has 0 rings (SSSR count). The molecule has 0 aromatic rings. The third kappa shape index (κ3) is 2.24. The van der Waals surface area contributed by atoms with E-state index in [-0.39, 0.29) is 0 Å². The lowest BCUT2D eigenvalue weighted by Gasteiger charge is -2.59. The normalized spacial score (nSPS) is 15.2. The van der Waals surface area contributed by atoms with Crippen LogP contribution in [0.15, 0.2) is 0 Å². The second-order valence-electron chi connectivity index (χ2n) is 7.68. The first kappa shape index (κ1) is 15.0. The highest BCUT2D eigenvalue weighted by atomic mass is 14.6. The van der Waals surface area contributed by atoms with Crippen LogP contribution in [0.5, 0.6) is 0 Å². The summed E-state index contributed by atoms with van der Waals surface area (Å²) < 4.78 is 0. The molecule has 0 amide bonds. The Balaban J connectivity index is 5.73. The van der Waals surface area contributed by atoms with Gasteiger partial charge in [-0.2, -0.15) is 0 Å². The smallest absolute Gasteiger partial charge is 0.0154 e. The van der Waals surface area contributed by atoms with Crippen molar-refractivity contribution >= 4 is 0 Å². The third-order valence-corrected chi connectivity index (χ3v) is 4.30. The first-order valence-electron chi connectivity index (χ1n) is 6.39. The van der Waals surface area contributed by atoms with Crippen LogP contribution in [0.1, 0.15) is 69.2 Å². The van der Waals surface area contributed by atoms with Gasteiger partial charge in [-0.25, -0.2) is 0 Å². The Morgan fingerprint density at radius 3 is 0.733 bits per heavy atom. The standard InChI is InChI=1S/C15H32/c1-11(2)15(12(3)4,13(5,6)7)14(8,9)10/h11-12H,1-10H3. The molecule has 0 aliphatic carbocycles. The van der Waals surface area contributed by atoms with Crippen LogP contribution in [0.4, 0.5) is 0 Å². The fraction of sp³-hybridized carbons (Fsp3) is 1.00. The topological polar surface area (TPSA) is 0 Å². The second-order valence-corrected chi connectivity index (χ2v) is 7.68. The molecule has 0 saturated carbocycles. The van der Waals surface area contributed by atoms with Crippen molar-refractivity contribution in [3.8, 4) is 0 Å². The largest absolute Gasteiger partial charge is 0.0622 e. The molecule has 0 aromatic carbocycles. The van der Waals surface area contributed by atoms with E-state index in [9.17, 15) is 0 Å². The molecule has 0 bridgehead atoms. The van der Waals surface area contributed by atoms with E-state index in [1.165, 1.54) is 0 Å². The van der Waals surface area contributed by atoms with Crippen molar-refractivity contribution < 1.29 is 0 Å². The summed E-state index contributed by atoms with van der Waals surface area (Å²) in [6.07, 6.45) is 0. The van der Waals surface area contributed by atoms with Crippen LogP contribution in [-0.2, 0) is 0 Å². The lowest BCUT2D eigenvalue weighted by molar-refractivity contribution is -0.113. The van der Waals surface area contributed by atoms with Crippen LogP contribution in [0.3, 0.4) is 0 Å². The van der Waals surface area contributed by atoms with Gasteiger partial charge in [0.05, 0.1) is 0 Å². The zero-order chi connectivity index (χ0) is 12.7. The lowest BCUT2D eigenvalue weighted by Crippen LogP contribution is -2.53. The van der Waals surface area contributed by atoms with Crippen LogP contribution in [0.2, 0.25) is 0 Å². The fourth-order valence-corrected chi connectivity index (χ4v) is 5.26. The maximum Gasteiger partial charge on any atom is -0.0154 e. The van der Waals surface area contributed by atoms with Crippen molar-refractivity contribution in [1.82, 2.24) is 0 Å². The minimum Gasteiger partial charge on any atom is -0.0622 e. The van der Waals surface area contributed by atoms with Gasteiger partial charge in [-0.3, -0.25) is 0 Å². The van der Waals surface area contributed by atoms with Gasteiger partial charge in [0, 0.05) is 0 Å². The first-order valence-corrected chi connectivity index (χ1v) is 6.39. The first-order chi connectivity index (χ1) is 6.39. The van der Waals surface area contributed by atoms with Crippen molar-refractivity contribution in [2.75, 3.05) is 0 Å². The number of hydrogen-bond acceptors (Lipinski definition) is 0. The Morgan fingerprint density at radius 2 is 0.733 bits per heavy atom. The van der Waals surface area contributed by atoms with Gasteiger partial charge in [-0.05, 0) is 28.1 Å². The lowest BCUT2D eigenvalue weighted by atomic mass is 9.45.